The molecule has 1 aromatic heterocycles. The second-order valence-electron chi connectivity index (χ2n) is 16.2. The predicted molar refractivity (Wildman–Crippen MR) is 289 cm³/mol. The first kappa shape index (κ1) is 45.3. The summed E-state index contributed by atoms with van der Waals surface area (Å²) in [6.07, 6.45) is 40.8. The van der Waals surface area contributed by atoms with Crippen LogP contribution in [0.15, 0.2) is 232 Å². The average Bonchev–Trinajstić information content (AvgIpc) is 3.44. The molecule has 6 aromatic rings. The van der Waals surface area contributed by atoms with Gasteiger partial charge in [-0.05, 0) is 139 Å². The summed E-state index contributed by atoms with van der Waals surface area (Å²) in [6, 6.07) is 37.9. The third kappa shape index (κ3) is 10.3. The SMILES string of the molecule is C=C/C=C(\C=C)n1c2c(c3c(-c4cccc(N(c5ccc(/C(C)=C/C=C(C=C)/C=C/C=C\C=C/C)cc5)C(C)/C=C\C(=C/C)c5cccc(C)c5)c4)c4ccccc4cc31)C=CCC=C2. The zero-order valence-corrected chi connectivity index (χ0v) is 38.6. The zero-order valence-electron chi connectivity index (χ0n) is 38.6. The number of aromatic nitrogens is 1. The van der Waals surface area contributed by atoms with Crippen LogP contribution in [-0.4, -0.2) is 10.6 Å². The van der Waals surface area contributed by atoms with Crippen LogP contribution in [0.5, 0.6) is 0 Å². The van der Waals surface area contributed by atoms with Gasteiger partial charge in [-0.25, -0.2) is 0 Å². The summed E-state index contributed by atoms with van der Waals surface area (Å²) in [6.45, 7) is 23.0. The van der Waals surface area contributed by atoms with Gasteiger partial charge in [-0.3, -0.25) is 0 Å². The number of hydrogen-bond donors (Lipinski definition) is 0. The third-order valence-electron chi connectivity index (χ3n) is 11.9. The number of aryl methyl sites for hydroxylation is 1. The maximum absolute atomic E-state index is 4.23. The van der Waals surface area contributed by atoms with Crippen LogP contribution in [0.25, 0.3) is 61.8 Å². The van der Waals surface area contributed by atoms with E-state index >= 15 is 0 Å². The lowest BCUT2D eigenvalue weighted by atomic mass is 9.92. The van der Waals surface area contributed by atoms with Crippen LogP contribution in [0.1, 0.15) is 62.1 Å². The van der Waals surface area contributed by atoms with Crippen molar-refractivity contribution in [1.29, 1.82) is 0 Å². The van der Waals surface area contributed by atoms with Crippen LogP contribution in [-0.2, 0) is 0 Å². The Hall–Kier alpha value is -7.68. The van der Waals surface area contributed by atoms with Crippen molar-refractivity contribution in [2.24, 2.45) is 0 Å². The topological polar surface area (TPSA) is 8.17 Å². The summed E-state index contributed by atoms with van der Waals surface area (Å²) >= 11 is 0. The molecule has 0 amide bonds. The molecule has 0 aliphatic heterocycles. The minimum absolute atomic E-state index is 0.00335. The Morgan fingerprint density at radius 1 is 0.723 bits per heavy atom. The molecule has 5 aromatic carbocycles. The van der Waals surface area contributed by atoms with E-state index in [9.17, 15) is 0 Å². The molecule has 1 heterocycles. The summed E-state index contributed by atoms with van der Waals surface area (Å²) < 4.78 is 2.34. The van der Waals surface area contributed by atoms with Crippen LogP contribution in [0.4, 0.5) is 11.4 Å². The van der Waals surface area contributed by atoms with Crippen molar-refractivity contribution in [2.45, 2.75) is 47.1 Å². The Balaban J connectivity index is 1.38. The highest BCUT2D eigenvalue weighted by Crippen LogP contribution is 2.45. The Morgan fingerprint density at radius 2 is 1.51 bits per heavy atom. The Labute approximate surface area is 387 Å². The van der Waals surface area contributed by atoms with Gasteiger partial charge in [0.15, 0.2) is 0 Å². The first-order chi connectivity index (χ1) is 31.8. The number of anilines is 2. The second-order valence-corrected chi connectivity index (χ2v) is 16.2. The number of hydrogen-bond acceptors (Lipinski definition) is 1. The number of allylic oxidation sites excluding steroid dienone is 20. The van der Waals surface area contributed by atoms with Crippen LogP contribution in [0.3, 0.4) is 0 Å². The second kappa shape index (κ2) is 21.6. The van der Waals surface area contributed by atoms with Crippen molar-refractivity contribution in [1.82, 2.24) is 4.57 Å². The fourth-order valence-electron chi connectivity index (χ4n) is 8.61. The van der Waals surface area contributed by atoms with E-state index in [1.54, 1.807) is 0 Å². The minimum Gasteiger partial charge on any atom is -0.335 e. The monoisotopic (exact) mass is 844 g/mol. The molecule has 1 aliphatic carbocycles. The van der Waals surface area contributed by atoms with Gasteiger partial charge in [0.25, 0.3) is 0 Å². The molecule has 0 saturated carbocycles. The average molecular weight is 845 g/mol. The summed E-state index contributed by atoms with van der Waals surface area (Å²) in [4.78, 5) is 2.45. The summed E-state index contributed by atoms with van der Waals surface area (Å²) in [7, 11) is 0. The molecule has 0 saturated heterocycles. The van der Waals surface area contributed by atoms with Crippen molar-refractivity contribution in [3.63, 3.8) is 0 Å². The van der Waals surface area contributed by atoms with Crippen LogP contribution in [0, 0.1) is 6.92 Å². The molecule has 7 rings (SSSR count). The van der Waals surface area contributed by atoms with Gasteiger partial charge in [0.2, 0.25) is 0 Å². The van der Waals surface area contributed by atoms with Crippen LogP contribution in [0.2, 0.25) is 0 Å². The Kier molecular flexibility index (Phi) is 15.1. The standard InChI is InChI=1S/C63H60N2/c1-9-14-15-16-18-27-49(11-3)37-35-47(7)51-39-41-56(42-40-51)64(48(8)36-38-50(12-4)52-29-23-26-46(6)43-52)57-31-24-30-54(44-57)62-58-32-22-21-28-53(58)45-61-63(62)59-33-19-17-20-34-60(59)65(61)55(13-5)25-10-2/h9-16,18-45,48H,2-3,5,17H2,1,4,6-8H3/b14-9-,16-15-,27-18+,38-36-,47-35+,49-37+,50-12+,55-25+. The quantitative estimate of drug-likeness (QED) is 0.0881. The fraction of sp³-hybridized carbons (Fsp3) is 0.111. The van der Waals surface area contributed by atoms with E-state index in [-0.39, 0.29) is 6.04 Å². The molecular formula is C63H60N2. The van der Waals surface area contributed by atoms with Crippen LogP contribution >= 0.6 is 0 Å². The molecule has 0 fully saturated rings. The molecule has 322 valence electrons. The van der Waals surface area contributed by atoms with Gasteiger partial charge in [0.05, 0.1) is 11.2 Å². The Morgan fingerprint density at radius 3 is 2.26 bits per heavy atom. The lowest BCUT2D eigenvalue weighted by Gasteiger charge is -2.31. The smallest absolute Gasteiger partial charge is 0.0553 e. The van der Waals surface area contributed by atoms with E-state index in [0.29, 0.717) is 0 Å². The van der Waals surface area contributed by atoms with Gasteiger partial charge < -0.3 is 9.47 Å². The molecule has 0 N–H and O–H groups in total. The maximum atomic E-state index is 4.23. The highest BCUT2D eigenvalue weighted by molar-refractivity contribution is 6.17. The van der Waals surface area contributed by atoms with Gasteiger partial charge in [-0.15, -0.1) is 0 Å². The normalized spacial score (nSPS) is 14.3. The van der Waals surface area contributed by atoms with E-state index in [4.69, 9.17) is 0 Å². The van der Waals surface area contributed by atoms with Gasteiger partial charge in [0.1, 0.15) is 0 Å². The van der Waals surface area contributed by atoms with Gasteiger partial charge in [-0.1, -0.05) is 195 Å². The predicted octanol–water partition coefficient (Wildman–Crippen LogP) is 17.8. The minimum atomic E-state index is -0.00335. The maximum Gasteiger partial charge on any atom is 0.0553 e. The molecule has 1 atom stereocenters. The zero-order chi connectivity index (χ0) is 45.7. The molecule has 0 radical (unpaired) electrons. The lowest BCUT2D eigenvalue weighted by molar-refractivity contribution is 0.864. The Bertz CT molecular complexity index is 3040. The molecule has 1 aliphatic rings. The van der Waals surface area contributed by atoms with Crippen molar-refractivity contribution in [3.05, 3.63) is 260 Å². The van der Waals surface area contributed by atoms with E-state index in [1.807, 2.05) is 61.6 Å². The molecule has 0 bridgehead atoms. The third-order valence-corrected chi connectivity index (χ3v) is 11.9. The van der Waals surface area contributed by atoms with Gasteiger partial charge in [-0.2, -0.15) is 0 Å². The number of fused-ring (bicyclic) bond motifs is 4. The highest BCUT2D eigenvalue weighted by Gasteiger charge is 2.23. The molecular weight excluding hydrogens is 785 g/mol. The first-order valence-electron chi connectivity index (χ1n) is 22.6. The lowest BCUT2D eigenvalue weighted by Crippen LogP contribution is -2.26. The van der Waals surface area contributed by atoms with Crippen LogP contribution < -0.4 is 4.90 Å². The largest absolute Gasteiger partial charge is 0.335 e. The molecule has 2 heteroatoms. The highest BCUT2D eigenvalue weighted by atomic mass is 15.2. The molecule has 0 spiro atoms. The summed E-state index contributed by atoms with van der Waals surface area (Å²) in [5.41, 5.74) is 16.0. The molecule has 65 heavy (non-hydrogen) atoms. The van der Waals surface area contributed by atoms with Crippen molar-refractivity contribution in [3.8, 4) is 11.1 Å². The first-order valence-corrected chi connectivity index (χ1v) is 22.6. The van der Waals surface area contributed by atoms with E-state index in [2.05, 4.69) is 221 Å². The number of nitrogens with zero attached hydrogens (tertiary/aromatic N) is 2. The fourth-order valence-corrected chi connectivity index (χ4v) is 8.61. The van der Waals surface area contributed by atoms with E-state index in [0.717, 1.165) is 51.4 Å². The summed E-state index contributed by atoms with van der Waals surface area (Å²) in [5.74, 6) is 0. The summed E-state index contributed by atoms with van der Waals surface area (Å²) in [5, 5.41) is 3.60. The van der Waals surface area contributed by atoms with E-state index < -0.39 is 0 Å². The van der Waals surface area contributed by atoms with Gasteiger partial charge in [0, 0.05) is 34.1 Å². The van der Waals surface area contributed by atoms with Gasteiger partial charge >= 0.3 is 0 Å². The molecule has 2 nitrogen and oxygen atoms in total. The van der Waals surface area contributed by atoms with Crippen molar-refractivity contribution in [2.75, 3.05) is 4.90 Å². The van der Waals surface area contributed by atoms with E-state index in [1.165, 1.54) is 49.6 Å². The van der Waals surface area contributed by atoms with Crippen molar-refractivity contribution >= 4 is 62.0 Å². The number of benzene rings is 5. The number of rotatable bonds is 16. The molecule has 1 unspecified atom stereocenters. The van der Waals surface area contributed by atoms with Crippen molar-refractivity contribution < 1.29 is 0 Å².